The van der Waals surface area contributed by atoms with Gasteiger partial charge in [-0.3, -0.25) is 0 Å². The minimum absolute atomic E-state index is 0.0176. The molecule has 0 N–H and O–H groups in total. The van der Waals surface area contributed by atoms with Crippen LogP contribution in [0, 0.1) is 0 Å². The Morgan fingerprint density at radius 3 is 1.86 bits per heavy atom. The van der Waals surface area contributed by atoms with E-state index >= 15 is 0 Å². The van der Waals surface area contributed by atoms with E-state index in [1.165, 1.54) is 13.8 Å². The van der Waals surface area contributed by atoms with Crippen LogP contribution in [0.3, 0.4) is 0 Å². The molecule has 0 aromatic heterocycles. The van der Waals surface area contributed by atoms with Crippen LogP contribution in [-0.4, -0.2) is 31.1 Å². The molecule has 1 aliphatic rings. The molecule has 22 heavy (non-hydrogen) atoms. The SMILES string of the molecule is CCCC[C]1(CCCC)CCC[CH2][Sn]1([O]C(C)=O)[O]C(C)=O. The zero-order chi connectivity index (χ0) is 16.6. The second-order valence-corrected chi connectivity index (χ2v) is 16.6. The predicted molar refractivity (Wildman–Crippen MR) is 89.7 cm³/mol. The van der Waals surface area contributed by atoms with Crippen LogP contribution in [0.2, 0.25) is 7.87 Å². The molecule has 0 unspecified atom stereocenters. The van der Waals surface area contributed by atoms with Gasteiger partial charge >= 0.3 is 140 Å². The zero-order valence-electron chi connectivity index (χ0n) is 14.7. The third-order valence-corrected chi connectivity index (χ3v) is 18.0. The van der Waals surface area contributed by atoms with Crippen LogP contribution in [0.25, 0.3) is 0 Å². The van der Waals surface area contributed by atoms with Crippen LogP contribution in [0.4, 0.5) is 0 Å². The van der Waals surface area contributed by atoms with Crippen molar-refractivity contribution in [2.75, 3.05) is 0 Å². The monoisotopic (exact) mass is 420 g/mol. The maximum atomic E-state index is 11.8. The van der Waals surface area contributed by atoms with E-state index < -0.39 is 19.2 Å². The summed E-state index contributed by atoms with van der Waals surface area (Å²) in [6, 6.07) is 0. The van der Waals surface area contributed by atoms with Crippen LogP contribution in [0.5, 0.6) is 0 Å². The van der Waals surface area contributed by atoms with Crippen LogP contribution >= 0.6 is 0 Å². The first-order valence-corrected chi connectivity index (χ1v) is 14.6. The first-order valence-electron chi connectivity index (χ1n) is 8.80. The molecular weight excluding hydrogens is 387 g/mol. The third-order valence-electron chi connectivity index (χ3n) is 4.85. The summed E-state index contributed by atoms with van der Waals surface area (Å²) in [5.74, 6) is -0.535. The molecule has 1 rings (SSSR count). The predicted octanol–water partition coefficient (Wildman–Crippen LogP) is 4.86. The Bertz CT molecular complexity index is 357. The van der Waals surface area contributed by atoms with E-state index in [1.807, 2.05) is 0 Å². The second-order valence-electron chi connectivity index (χ2n) is 6.63. The fourth-order valence-corrected chi connectivity index (χ4v) is 16.8. The van der Waals surface area contributed by atoms with Gasteiger partial charge in [-0.2, -0.15) is 0 Å². The number of carbonyl (C=O) groups is 2. The van der Waals surface area contributed by atoms with Crippen molar-refractivity contribution in [2.45, 2.75) is 93.3 Å². The summed E-state index contributed by atoms with van der Waals surface area (Å²) in [4.78, 5) is 23.5. The van der Waals surface area contributed by atoms with Crippen molar-refractivity contribution < 1.29 is 15.7 Å². The molecule has 0 radical (unpaired) electrons. The van der Waals surface area contributed by atoms with Crippen molar-refractivity contribution in [1.29, 1.82) is 0 Å². The Morgan fingerprint density at radius 1 is 0.955 bits per heavy atom. The van der Waals surface area contributed by atoms with Gasteiger partial charge in [0.15, 0.2) is 0 Å². The third kappa shape index (κ3) is 4.87. The fourth-order valence-electron chi connectivity index (χ4n) is 3.87. The zero-order valence-corrected chi connectivity index (χ0v) is 17.6. The van der Waals surface area contributed by atoms with Gasteiger partial charge in [0.2, 0.25) is 0 Å². The van der Waals surface area contributed by atoms with Gasteiger partial charge in [0, 0.05) is 0 Å². The van der Waals surface area contributed by atoms with Gasteiger partial charge < -0.3 is 0 Å². The van der Waals surface area contributed by atoms with Gasteiger partial charge in [0.05, 0.1) is 0 Å². The minimum atomic E-state index is -3.78. The summed E-state index contributed by atoms with van der Waals surface area (Å²) in [5.41, 5.74) is 0. The summed E-state index contributed by atoms with van der Waals surface area (Å²) >= 11 is -3.78. The van der Waals surface area contributed by atoms with E-state index in [9.17, 15) is 9.59 Å². The summed E-state index contributed by atoms with van der Waals surface area (Å²) in [5, 5.41) is 0. The standard InChI is InChI=1S/C13H26.2C2H4O2.Sn/c1-4-7-10-13(11-8-5-2)12-9-6-3;2*1-2(3)4;/h1,4-12H2,2-3H3;2*1H3,(H,3,4);/q;;;+2/p-2. The van der Waals surface area contributed by atoms with Crippen molar-refractivity contribution in [3.8, 4) is 0 Å². The molecule has 128 valence electrons. The molecule has 0 aromatic rings. The summed E-state index contributed by atoms with van der Waals surface area (Å²) in [6.07, 6.45) is 9.80. The van der Waals surface area contributed by atoms with Gasteiger partial charge in [-0.25, -0.2) is 0 Å². The van der Waals surface area contributed by atoms with Gasteiger partial charge in [0.1, 0.15) is 0 Å². The van der Waals surface area contributed by atoms with Gasteiger partial charge in [0.25, 0.3) is 0 Å². The summed E-state index contributed by atoms with van der Waals surface area (Å²) in [6.45, 7) is 7.29. The van der Waals surface area contributed by atoms with Crippen LogP contribution < -0.4 is 0 Å². The van der Waals surface area contributed by atoms with Gasteiger partial charge in [-0.05, 0) is 0 Å². The average Bonchev–Trinajstić information content (AvgIpc) is 2.44. The normalized spacial score (nSPS) is 19.5. The van der Waals surface area contributed by atoms with Crippen molar-refractivity contribution in [1.82, 2.24) is 0 Å². The summed E-state index contributed by atoms with van der Waals surface area (Å²) < 4.78 is 12.7. The number of rotatable bonds is 8. The summed E-state index contributed by atoms with van der Waals surface area (Å²) in [7, 11) is 0. The second kappa shape index (κ2) is 9.14. The Morgan fingerprint density at radius 2 is 1.45 bits per heavy atom. The Labute approximate surface area is 140 Å². The van der Waals surface area contributed by atoms with Crippen molar-refractivity contribution in [3.05, 3.63) is 0 Å². The van der Waals surface area contributed by atoms with E-state index in [0.717, 1.165) is 62.2 Å². The Kier molecular flexibility index (Phi) is 8.22. The number of unbranched alkanes of at least 4 members (excludes halogenated alkanes) is 2. The van der Waals surface area contributed by atoms with Gasteiger partial charge in [-0.1, -0.05) is 0 Å². The first kappa shape index (κ1) is 19.8. The molecule has 5 heteroatoms. The van der Waals surface area contributed by atoms with Gasteiger partial charge in [-0.15, -0.1) is 0 Å². The number of hydrogen-bond acceptors (Lipinski definition) is 4. The average molecular weight is 419 g/mol. The molecule has 1 saturated heterocycles. The maximum absolute atomic E-state index is 11.8. The molecule has 4 nitrogen and oxygen atoms in total. The quantitative estimate of drug-likeness (QED) is 0.528. The van der Waals surface area contributed by atoms with Crippen molar-refractivity contribution >= 4 is 31.1 Å². The molecular formula is C17H32O4Sn. The molecule has 1 aliphatic heterocycles. The van der Waals surface area contributed by atoms with Crippen LogP contribution in [0.15, 0.2) is 0 Å². The molecule has 0 amide bonds. The number of carbonyl (C=O) groups excluding carboxylic acids is 2. The van der Waals surface area contributed by atoms with E-state index in [1.54, 1.807) is 0 Å². The van der Waals surface area contributed by atoms with Crippen LogP contribution in [-0.2, 0) is 15.7 Å². The number of hydrogen-bond donors (Lipinski definition) is 0. The topological polar surface area (TPSA) is 52.6 Å². The van der Waals surface area contributed by atoms with Crippen molar-refractivity contribution in [3.63, 3.8) is 0 Å². The molecule has 1 heterocycles. The molecule has 0 aliphatic carbocycles. The fraction of sp³-hybridized carbons (Fsp3) is 0.882. The van der Waals surface area contributed by atoms with E-state index in [2.05, 4.69) is 13.8 Å². The van der Waals surface area contributed by atoms with E-state index in [4.69, 9.17) is 6.15 Å². The van der Waals surface area contributed by atoms with E-state index in [0.29, 0.717) is 0 Å². The molecule has 0 atom stereocenters. The first-order chi connectivity index (χ1) is 10.4. The molecule has 0 aromatic carbocycles. The molecule has 0 spiro atoms. The Balaban J connectivity index is 3.20. The molecule has 0 bridgehead atoms. The van der Waals surface area contributed by atoms with Crippen molar-refractivity contribution in [2.24, 2.45) is 0 Å². The molecule has 1 fully saturated rings. The van der Waals surface area contributed by atoms with E-state index in [-0.39, 0.29) is 15.4 Å². The Hall–Kier alpha value is -0.261. The van der Waals surface area contributed by atoms with Crippen LogP contribution in [0.1, 0.15) is 85.5 Å². The molecule has 0 saturated carbocycles.